The van der Waals surface area contributed by atoms with Crippen LogP contribution in [0.15, 0.2) is 53.5 Å². The van der Waals surface area contributed by atoms with Crippen molar-refractivity contribution >= 4 is 23.2 Å². The van der Waals surface area contributed by atoms with Crippen molar-refractivity contribution in [2.75, 3.05) is 20.8 Å². The maximum Gasteiger partial charge on any atom is 0.336 e. The molecule has 9 nitrogen and oxygen atoms in total. The lowest BCUT2D eigenvalue weighted by atomic mass is 9.87. The molecule has 1 aliphatic carbocycles. The molecule has 0 spiro atoms. The highest BCUT2D eigenvalue weighted by molar-refractivity contribution is 6.04. The minimum Gasteiger partial charge on any atom is -0.478 e. The number of aromatic nitrogens is 2. The minimum atomic E-state index is -0.949. The van der Waals surface area contributed by atoms with Crippen LogP contribution >= 0.6 is 0 Å². The van der Waals surface area contributed by atoms with Gasteiger partial charge in [0, 0.05) is 5.56 Å². The molecule has 1 unspecified atom stereocenters. The quantitative estimate of drug-likeness (QED) is 0.350. The van der Waals surface area contributed by atoms with E-state index in [-0.39, 0.29) is 16.1 Å². The summed E-state index contributed by atoms with van der Waals surface area (Å²) in [5.41, 5.74) is 4.08. The molecular formula is C29H33N4O5+. The number of hydrogen-bond donors (Lipinski definition) is 1. The van der Waals surface area contributed by atoms with E-state index in [0.717, 1.165) is 42.6 Å². The highest BCUT2D eigenvalue weighted by atomic mass is 16.7. The fourth-order valence-electron chi connectivity index (χ4n) is 5.67. The number of hydrogen-bond acceptors (Lipinski definition) is 7. The molecule has 1 fully saturated rings. The first-order valence-corrected chi connectivity index (χ1v) is 13.0. The van der Waals surface area contributed by atoms with Gasteiger partial charge in [0.05, 0.1) is 25.7 Å². The predicted octanol–water partition coefficient (Wildman–Crippen LogP) is 5.94. The van der Waals surface area contributed by atoms with E-state index in [4.69, 9.17) is 19.3 Å². The molecule has 1 atom stereocenters. The number of nitrogens with zero attached hydrogens (tertiary/aromatic N) is 4. The van der Waals surface area contributed by atoms with E-state index >= 15 is 0 Å². The average Bonchev–Trinajstić information content (AvgIpc) is 3.28. The summed E-state index contributed by atoms with van der Waals surface area (Å²) in [7, 11) is 3.14. The maximum atomic E-state index is 11.8. The molecule has 5 rings (SSSR count). The van der Waals surface area contributed by atoms with Crippen LogP contribution in [-0.4, -0.2) is 47.9 Å². The van der Waals surface area contributed by atoms with Crippen LogP contribution in [-0.2, 0) is 11.4 Å². The number of carboxylic acids is 1. The van der Waals surface area contributed by atoms with Crippen LogP contribution in [0.3, 0.4) is 0 Å². The highest BCUT2D eigenvalue weighted by Gasteiger charge is 2.54. The number of fused-ring (bicyclic) bond motifs is 1. The van der Waals surface area contributed by atoms with Crippen molar-refractivity contribution in [1.29, 1.82) is 0 Å². The van der Waals surface area contributed by atoms with Crippen molar-refractivity contribution in [3.8, 4) is 22.9 Å². The molecule has 1 aliphatic heterocycles. The number of amidine groups is 1. The molecule has 1 N–H and O–H groups in total. The van der Waals surface area contributed by atoms with Gasteiger partial charge in [0.25, 0.3) is 11.6 Å². The van der Waals surface area contributed by atoms with Gasteiger partial charge in [0.1, 0.15) is 13.2 Å². The lowest BCUT2D eigenvalue weighted by molar-refractivity contribution is -0.0944. The third-order valence-electron chi connectivity index (χ3n) is 7.35. The summed E-state index contributed by atoms with van der Waals surface area (Å²) in [4.78, 5) is 23.5. The van der Waals surface area contributed by atoms with E-state index in [2.05, 4.69) is 10.2 Å². The Morgan fingerprint density at radius 1 is 0.974 bits per heavy atom. The van der Waals surface area contributed by atoms with E-state index in [1.54, 1.807) is 26.4 Å². The Morgan fingerprint density at radius 3 is 2.32 bits per heavy atom. The molecule has 38 heavy (non-hydrogen) atoms. The monoisotopic (exact) mass is 517 g/mol. The fraction of sp³-hybridized carbons (Fsp3) is 0.379. The molecule has 3 aromatic rings. The van der Waals surface area contributed by atoms with Crippen LogP contribution in [0, 0.1) is 5.92 Å². The van der Waals surface area contributed by atoms with Crippen LogP contribution in [0.1, 0.15) is 54.9 Å². The van der Waals surface area contributed by atoms with Gasteiger partial charge in [0.15, 0.2) is 0 Å². The first-order chi connectivity index (χ1) is 18.5. The standard InChI is InChI=1S/C29H32N4O5/c1-4-38-33(18-19-14-16-20(17-15-19)22-12-8-9-13-23(22)29(34)35)25-24(27(36-2)31-32-28(25)37-3)30-26(33)21-10-6-5-7-11-21/h8-9,12-17,21H,4-7,10-11,18H2,1-3H3/p+1. The summed E-state index contributed by atoms with van der Waals surface area (Å²) in [6.45, 7) is 2.88. The Kier molecular flexibility index (Phi) is 7.40. The lowest BCUT2D eigenvalue weighted by Crippen LogP contribution is -2.54. The van der Waals surface area contributed by atoms with E-state index < -0.39 is 5.97 Å². The van der Waals surface area contributed by atoms with Gasteiger partial charge in [-0.1, -0.05) is 66.4 Å². The molecule has 1 saturated carbocycles. The predicted molar refractivity (Wildman–Crippen MR) is 145 cm³/mol. The molecule has 0 bridgehead atoms. The van der Waals surface area contributed by atoms with Crippen LogP contribution < -0.4 is 14.1 Å². The van der Waals surface area contributed by atoms with E-state index in [0.29, 0.717) is 41.8 Å². The summed E-state index contributed by atoms with van der Waals surface area (Å²) >= 11 is 0. The van der Waals surface area contributed by atoms with Gasteiger partial charge in [-0.2, -0.15) is 9.83 Å². The second kappa shape index (κ2) is 10.9. The summed E-state index contributed by atoms with van der Waals surface area (Å²) in [6, 6.07) is 15.0. The molecule has 0 radical (unpaired) electrons. The average molecular weight is 518 g/mol. The van der Waals surface area contributed by atoms with Gasteiger partial charge < -0.3 is 14.6 Å². The number of quaternary nitrogens is 1. The molecule has 0 saturated heterocycles. The van der Waals surface area contributed by atoms with Gasteiger partial charge in [0.2, 0.25) is 11.5 Å². The fourth-order valence-corrected chi connectivity index (χ4v) is 5.67. The molecule has 2 aliphatic rings. The topological polar surface area (TPSA) is 103 Å². The van der Waals surface area contributed by atoms with Gasteiger partial charge in [-0.05, 0) is 37.0 Å². The molecule has 2 aromatic carbocycles. The summed E-state index contributed by atoms with van der Waals surface area (Å²) in [5, 5.41) is 18.1. The van der Waals surface area contributed by atoms with Crippen molar-refractivity contribution in [3.63, 3.8) is 0 Å². The van der Waals surface area contributed by atoms with Crippen molar-refractivity contribution in [3.05, 3.63) is 59.7 Å². The number of carboxylic acid groups (broad SMARTS) is 1. The number of methoxy groups -OCH3 is 2. The smallest absolute Gasteiger partial charge is 0.336 e. The number of ether oxygens (including phenoxy) is 2. The zero-order valence-electron chi connectivity index (χ0n) is 22.0. The normalized spacial score (nSPS) is 19.1. The number of carbonyl (C=O) groups is 1. The van der Waals surface area contributed by atoms with Crippen molar-refractivity contribution in [2.45, 2.75) is 45.6 Å². The third kappa shape index (κ3) is 4.52. The summed E-state index contributed by atoms with van der Waals surface area (Å²) in [5.74, 6) is 0.923. The largest absolute Gasteiger partial charge is 0.478 e. The number of aromatic carboxylic acids is 1. The number of benzene rings is 2. The molecule has 2 heterocycles. The first kappa shape index (κ1) is 25.8. The van der Waals surface area contributed by atoms with Crippen LogP contribution in [0.2, 0.25) is 0 Å². The van der Waals surface area contributed by atoms with Crippen molar-refractivity contribution in [2.24, 2.45) is 10.9 Å². The lowest BCUT2D eigenvalue weighted by Gasteiger charge is -2.35. The molecule has 9 heteroatoms. The Bertz CT molecular complexity index is 1350. The Morgan fingerprint density at radius 2 is 1.66 bits per heavy atom. The third-order valence-corrected chi connectivity index (χ3v) is 7.35. The molecular weight excluding hydrogens is 484 g/mol. The zero-order valence-corrected chi connectivity index (χ0v) is 22.0. The maximum absolute atomic E-state index is 11.8. The van der Waals surface area contributed by atoms with Crippen LogP contribution in [0.25, 0.3) is 11.1 Å². The van der Waals surface area contributed by atoms with E-state index in [1.807, 2.05) is 43.3 Å². The Hall–Kier alpha value is -3.82. The highest BCUT2D eigenvalue weighted by Crippen LogP contribution is 2.53. The molecule has 1 aromatic heterocycles. The van der Waals surface area contributed by atoms with Gasteiger partial charge in [-0.15, -0.1) is 10.2 Å². The van der Waals surface area contributed by atoms with Crippen LogP contribution in [0.5, 0.6) is 11.8 Å². The van der Waals surface area contributed by atoms with Gasteiger partial charge in [-0.3, -0.25) is 0 Å². The SMILES string of the molecule is CCO[N+]1(Cc2ccc(-c3ccccc3C(=O)O)cc2)C(C2CCCCC2)=Nc2c(OC)nnc(OC)c21. The molecule has 0 amide bonds. The second-order valence-electron chi connectivity index (χ2n) is 9.58. The second-order valence-corrected chi connectivity index (χ2v) is 9.58. The Balaban J connectivity index is 1.60. The first-order valence-electron chi connectivity index (χ1n) is 13.0. The summed E-state index contributed by atoms with van der Waals surface area (Å²) < 4.78 is 11.3. The van der Waals surface area contributed by atoms with Gasteiger partial charge in [-0.25, -0.2) is 4.79 Å². The molecule has 198 valence electrons. The number of rotatable bonds is 9. The van der Waals surface area contributed by atoms with E-state index in [9.17, 15) is 9.90 Å². The van der Waals surface area contributed by atoms with Crippen molar-refractivity contribution < 1.29 is 24.2 Å². The Labute approximate surface area is 222 Å². The zero-order chi connectivity index (χ0) is 26.7. The number of hydroxylamine groups is 2. The summed E-state index contributed by atoms with van der Waals surface area (Å²) in [6.07, 6.45) is 5.59. The van der Waals surface area contributed by atoms with Gasteiger partial charge >= 0.3 is 11.8 Å². The number of aliphatic imine (C=N–C) groups is 1. The van der Waals surface area contributed by atoms with E-state index in [1.165, 1.54) is 6.42 Å². The minimum absolute atomic E-state index is 0.0383. The van der Waals surface area contributed by atoms with Crippen molar-refractivity contribution in [1.82, 2.24) is 14.8 Å². The van der Waals surface area contributed by atoms with Crippen LogP contribution in [0.4, 0.5) is 11.4 Å².